The van der Waals surface area contributed by atoms with Crippen LogP contribution < -0.4 is 5.43 Å². The molecule has 2 heteroatoms. The Bertz CT molecular complexity index is 334. The van der Waals surface area contributed by atoms with Crippen LogP contribution in [0.3, 0.4) is 0 Å². The molecule has 2 aliphatic rings. The van der Waals surface area contributed by atoms with Gasteiger partial charge in [-0.15, -0.1) is 0 Å². The fourth-order valence-corrected chi connectivity index (χ4v) is 1.86. The molecule has 15 heavy (non-hydrogen) atoms. The number of nitrogens with zero attached hydrogens (tertiary/aromatic N) is 1. The summed E-state index contributed by atoms with van der Waals surface area (Å²) in [6, 6.07) is 0.465. The standard InChI is InChI=1S/C13H20N2/c1-9(2)11-5-6-15-12(7-11)8-13(14-15)10(3)4/h5-10,13-14H,1-4H3. The molecular formula is C13H20N2. The first-order valence-corrected chi connectivity index (χ1v) is 5.75. The summed E-state index contributed by atoms with van der Waals surface area (Å²) in [5.74, 6) is 1.23. The van der Waals surface area contributed by atoms with E-state index in [-0.39, 0.29) is 0 Å². The van der Waals surface area contributed by atoms with Crippen LogP contribution in [0, 0.1) is 11.8 Å². The first-order chi connectivity index (χ1) is 7.08. The third-order valence-corrected chi connectivity index (χ3v) is 3.03. The molecule has 1 atom stereocenters. The zero-order valence-corrected chi connectivity index (χ0v) is 9.99. The van der Waals surface area contributed by atoms with E-state index >= 15 is 0 Å². The first kappa shape index (κ1) is 10.5. The van der Waals surface area contributed by atoms with E-state index in [9.17, 15) is 0 Å². The molecule has 0 saturated carbocycles. The van der Waals surface area contributed by atoms with E-state index < -0.39 is 0 Å². The molecule has 0 aromatic carbocycles. The van der Waals surface area contributed by atoms with E-state index in [0.717, 1.165) is 0 Å². The molecule has 2 aliphatic heterocycles. The number of hydrazine groups is 1. The van der Waals surface area contributed by atoms with Gasteiger partial charge in [0.1, 0.15) is 0 Å². The van der Waals surface area contributed by atoms with E-state index in [4.69, 9.17) is 0 Å². The lowest BCUT2D eigenvalue weighted by Gasteiger charge is -2.24. The number of hydrogen-bond donors (Lipinski definition) is 1. The summed E-state index contributed by atoms with van der Waals surface area (Å²) < 4.78 is 0. The highest BCUT2D eigenvalue weighted by Gasteiger charge is 2.24. The van der Waals surface area contributed by atoms with Gasteiger partial charge >= 0.3 is 0 Å². The predicted molar refractivity (Wildman–Crippen MR) is 63.7 cm³/mol. The Morgan fingerprint density at radius 3 is 2.60 bits per heavy atom. The summed E-state index contributed by atoms with van der Waals surface area (Å²) in [4.78, 5) is 0. The lowest BCUT2D eigenvalue weighted by atomic mass is 9.99. The second-order valence-electron chi connectivity index (χ2n) is 4.98. The quantitative estimate of drug-likeness (QED) is 0.744. The molecule has 1 N–H and O–H groups in total. The number of allylic oxidation sites excluding steroid dienone is 3. The molecule has 2 nitrogen and oxygen atoms in total. The van der Waals surface area contributed by atoms with Crippen molar-refractivity contribution < 1.29 is 0 Å². The van der Waals surface area contributed by atoms with Gasteiger partial charge in [0, 0.05) is 12.2 Å². The molecule has 0 saturated heterocycles. The molecule has 2 heterocycles. The summed E-state index contributed by atoms with van der Waals surface area (Å²) in [6.45, 7) is 8.94. The Kier molecular flexibility index (Phi) is 2.70. The van der Waals surface area contributed by atoms with Crippen LogP contribution >= 0.6 is 0 Å². The summed E-state index contributed by atoms with van der Waals surface area (Å²) in [5.41, 5.74) is 6.16. The van der Waals surface area contributed by atoms with Crippen molar-refractivity contribution in [3.05, 3.63) is 35.7 Å². The van der Waals surface area contributed by atoms with Crippen molar-refractivity contribution in [2.75, 3.05) is 0 Å². The molecule has 0 bridgehead atoms. The summed E-state index contributed by atoms with van der Waals surface area (Å²) in [7, 11) is 0. The highest BCUT2D eigenvalue weighted by atomic mass is 15.5. The van der Waals surface area contributed by atoms with Crippen LogP contribution in [0.1, 0.15) is 27.7 Å². The van der Waals surface area contributed by atoms with E-state index in [1.807, 2.05) is 0 Å². The molecule has 0 aliphatic carbocycles. The average molecular weight is 204 g/mol. The lowest BCUT2D eigenvalue weighted by Crippen LogP contribution is -2.36. The molecule has 82 valence electrons. The van der Waals surface area contributed by atoms with Crippen LogP contribution in [0.15, 0.2) is 35.7 Å². The van der Waals surface area contributed by atoms with Gasteiger partial charge in [-0.05, 0) is 35.6 Å². The van der Waals surface area contributed by atoms with Crippen molar-refractivity contribution in [3.63, 3.8) is 0 Å². The van der Waals surface area contributed by atoms with Crippen LogP contribution in [-0.4, -0.2) is 11.1 Å². The highest BCUT2D eigenvalue weighted by Crippen LogP contribution is 2.26. The minimum Gasteiger partial charge on any atom is -0.284 e. The lowest BCUT2D eigenvalue weighted by molar-refractivity contribution is 0.312. The second kappa shape index (κ2) is 3.86. The molecule has 0 fully saturated rings. The van der Waals surface area contributed by atoms with Crippen LogP contribution in [0.25, 0.3) is 0 Å². The van der Waals surface area contributed by atoms with Crippen molar-refractivity contribution in [2.45, 2.75) is 33.7 Å². The maximum atomic E-state index is 3.46. The number of fused-ring (bicyclic) bond motifs is 1. The van der Waals surface area contributed by atoms with Crippen LogP contribution in [0.2, 0.25) is 0 Å². The Balaban J connectivity index is 2.20. The normalized spacial score (nSPS) is 24.7. The predicted octanol–water partition coefficient (Wildman–Crippen LogP) is 2.82. The number of nitrogens with one attached hydrogen (secondary N) is 1. The SMILES string of the molecule is CC(C)C1=CC2=CC(C(C)C)NN2C=C1. The average Bonchev–Trinajstić information content (AvgIpc) is 2.59. The summed E-state index contributed by atoms with van der Waals surface area (Å²) in [5, 5.41) is 2.12. The van der Waals surface area contributed by atoms with E-state index in [2.05, 4.69) is 62.6 Å². The van der Waals surface area contributed by atoms with Crippen LogP contribution in [0.5, 0.6) is 0 Å². The van der Waals surface area contributed by atoms with E-state index in [1.165, 1.54) is 11.3 Å². The van der Waals surface area contributed by atoms with Gasteiger partial charge in [0.2, 0.25) is 0 Å². The van der Waals surface area contributed by atoms with Gasteiger partial charge in [-0.25, -0.2) is 5.43 Å². The van der Waals surface area contributed by atoms with Crippen molar-refractivity contribution in [2.24, 2.45) is 11.8 Å². The summed E-state index contributed by atoms with van der Waals surface area (Å²) >= 11 is 0. The molecule has 0 radical (unpaired) electrons. The molecule has 0 aromatic rings. The summed E-state index contributed by atoms with van der Waals surface area (Å²) in [6.07, 6.45) is 8.91. The first-order valence-electron chi connectivity index (χ1n) is 5.75. The monoisotopic (exact) mass is 204 g/mol. The number of rotatable bonds is 2. The Morgan fingerprint density at radius 1 is 1.27 bits per heavy atom. The maximum absolute atomic E-state index is 3.46. The molecular weight excluding hydrogens is 184 g/mol. The Morgan fingerprint density at radius 2 is 2.00 bits per heavy atom. The van der Waals surface area contributed by atoms with Crippen molar-refractivity contribution in [3.8, 4) is 0 Å². The van der Waals surface area contributed by atoms with Gasteiger partial charge in [0.05, 0.1) is 5.70 Å². The number of hydrogen-bond acceptors (Lipinski definition) is 2. The zero-order chi connectivity index (χ0) is 11.0. The van der Waals surface area contributed by atoms with E-state index in [0.29, 0.717) is 17.9 Å². The van der Waals surface area contributed by atoms with Crippen LogP contribution in [-0.2, 0) is 0 Å². The minimum atomic E-state index is 0.465. The Hall–Kier alpha value is -1.02. The van der Waals surface area contributed by atoms with Gasteiger partial charge < -0.3 is 0 Å². The molecule has 0 spiro atoms. The fourth-order valence-electron chi connectivity index (χ4n) is 1.86. The van der Waals surface area contributed by atoms with E-state index in [1.54, 1.807) is 0 Å². The third-order valence-electron chi connectivity index (χ3n) is 3.03. The largest absolute Gasteiger partial charge is 0.284 e. The van der Waals surface area contributed by atoms with Crippen molar-refractivity contribution >= 4 is 0 Å². The third kappa shape index (κ3) is 2.00. The molecule has 0 amide bonds. The smallest absolute Gasteiger partial charge is 0.0550 e. The Labute approximate surface area is 92.3 Å². The highest BCUT2D eigenvalue weighted by molar-refractivity contribution is 5.38. The van der Waals surface area contributed by atoms with Gasteiger partial charge in [-0.2, -0.15) is 0 Å². The molecule has 2 rings (SSSR count). The van der Waals surface area contributed by atoms with Gasteiger partial charge in [0.25, 0.3) is 0 Å². The van der Waals surface area contributed by atoms with Gasteiger partial charge in [-0.1, -0.05) is 27.7 Å². The minimum absolute atomic E-state index is 0.465. The molecule has 0 aromatic heterocycles. The zero-order valence-electron chi connectivity index (χ0n) is 9.99. The topological polar surface area (TPSA) is 15.3 Å². The van der Waals surface area contributed by atoms with Crippen molar-refractivity contribution in [1.82, 2.24) is 10.4 Å². The van der Waals surface area contributed by atoms with Crippen molar-refractivity contribution in [1.29, 1.82) is 0 Å². The molecule has 1 unspecified atom stereocenters. The van der Waals surface area contributed by atoms with Gasteiger partial charge in [-0.3, -0.25) is 5.01 Å². The maximum Gasteiger partial charge on any atom is 0.0550 e. The second-order valence-corrected chi connectivity index (χ2v) is 4.98. The van der Waals surface area contributed by atoms with Crippen LogP contribution in [0.4, 0.5) is 0 Å². The fraction of sp³-hybridized carbons (Fsp3) is 0.538. The van der Waals surface area contributed by atoms with Gasteiger partial charge in [0.15, 0.2) is 0 Å².